The van der Waals surface area contributed by atoms with Crippen LogP contribution in [0.4, 0.5) is 10.5 Å². The molecule has 1 fully saturated rings. The van der Waals surface area contributed by atoms with Gasteiger partial charge in [-0.05, 0) is 52.3 Å². The second-order valence-electron chi connectivity index (χ2n) is 6.83. The second-order valence-corrected chi connectivity index (χ2v) is 9.20. The molecule has 0 saturated carbocycles. The zero-order chi connectivity index (χ0) is 23.1. The molecule has 1 aromatic heterocycles. The lowest BCUT2D eigenvalue weighted by molar-refractivity contribution is -0.122. The number of halogens is 2. The third kappa shape index (κ3) is 4.24. The first kappa shape index (κ1) is 21.6. The molecule has 0 unspecified atom stereocenters. The van der Waals surface area contributed by atoms with Gasteiger partial charge in [0.2, 0.25) is 6.79 Å². The summed E-state index contributed by atoms with van der Waals surface area (Å²) in [5.41, 5.74) is -0.0250. The Morgan fingerprint density at radius 3 is 2.58 bits per heavy atom. The van der Waals surface area contributed by atoms with Crippen molar-refractivity contribution in [2.75, 3.05) is 11.7 Å². The summed E-state index contributed by atoms with van der Waals surface area (Å²) in [5.74, 6) is -0.464. The van der Waals surface area contributed by atoms with Gasteiger partial charge in [-0.25, -0.2) is 9.69 Å². The third-order valence-electron chi connectivity index (χ3n) is 4.71. The van der Waals surface area contributed by atoms with Crippen LogP contribution in [0.1, 0.15) is 5.76 Å². The van der Waals surface area contributed by atoms with Gasteiger partial charge < -0.3 is 13.9 Å². The number of hydrogen-bond acceptors (Lipinski definition) is 7. The predicted molar refractivity (Wildman–Crippen MR) is 124 cm³/mol. The van der Waals surface area contributed by atoms with E-state index < -0.39 is 17.8 Å². The van der Waals surface area contributed by atoms with Gasteiger partial charge in [-0.3, -0.25) is 14.9 Å². The van der Waals surface area contributed by atoms with Crippen LogP contribution in [-0.2, 0) is 9.59 Å². The molecule has 8 nitrogen and oxygen atoms in total. The molecule has 4 amide bonds. The van der Waals surface area contributed by atoms with Crippen molar-refractivity contribution in [2.45, 2.75) is 9.99 Å². The molecule has 0 radical (unpaired) electrons. The molecule has 11 heteroatoms. The number of imide groups is 2. The summed E-state index contributed by atoms with van der Waals surface area (Å²) in [6.45, 7) is 0.0471. The number of carbonyl (C=O) groups is 3. The number of furan rings is 1. The number of fused-ring (bicyclic) bond motifs is 1. The van der Waals surface area contributed by atoms with Gasteiger partial charge in [0, 0.05) is 28.1 Å². The monoisotopic (exact) mass is 546 g/mol. The Hall–Kier alpha value is -3.21. The van der Waals surface area contributed by atoms with Crippen LogP contribution in [0.15, 0.2) is 73.0 Å². The average Bonchev–Trinajstić information content (AvgIpc) is 3.38. The number of nitrogens with zero attached hydrogens (tertiary/aromatic N) is 1. The number of anilines is 1. The van der Waals surface area contributed by atoms with Gasteiger partial charge in [-0.2, -0.15) is 0 Å². The Labute approximate surface area is 204 Å². The van der Waals surface area contributed by atoms with E-state index in [0.717, 1.165) is 9.80 Å². The number of nitrogens with one attached hydrogen (secondary N) is 1. The predicted octanol–water partition coefficient (Wildman–Crippen LogP) is 5.24. The topological polar surface area (TPSA) is 98.1 Å². The lowest BCUT2D eigenvalue weighted by Crippen LogP contribution is -2.54. The highest BCUT2D eigenvalue weighted by molar-refractivity contribution is 9.10. The maximum absolute atomic E-state index is 13.1. The largest absolute Gasteiger partial charge is 0.454 e. The number of rotatable bonds is 4. The van der Waals surface area contributed by atoms with E-state index >= 15 is 0 Å². The number of ether oxygens (including phenoxy) is 2. The average molecular weight is 548 g/mol. The molecule has 166 valence electrons. The number of hydrogen-bond donors (Lipinski definition) is 1. The fourth-order valence-electron chi connectivity index (χ4n) is 3.18. The van der Waals surface area contributed by atoms with E-state index in [2.05, 4.69) is 21.2 Å². The van der Waals surface area contributed by atoms with Gasteiger partial charge in [0.05, 0.1) is 10.2 Å². The second kappa shape index (κ2) is 8.62. The molecule has 1 N–H and O–H groups in total. The first-order chi connectivity index (χ1) is 15.9. The van der Waals surface area contributed by atoms with Crippen LogP contribution < -0.4 is 19.7 Å². The molecular formula is C22H12BrClN2O6S. The molecule has 2 aromatic carbocycles. The van der Waals surface area contributed by atoms with Crippen molar-refractivity contribution in [2.24, 2.45) is 0 Å². The van der Waals surface area contributed by atoms with Gasteiger partial charge in [-0.1, -0.05) is 23.4 Å². The van der Waals surface area contributed by atoms with Crippen LogP contribution in [0.25, 0.3) is 6.08 Å². The highest BCUT2D eigenvalue weighted by atomic mass is 79.9. The van der Waals surface area contributed by atoms with Gasteiger partial charge >= 0.3 is 6.03 Å². The number of urea groups is 1. The van der Waals surface area contributed by atoms with Gasteiger partial charge in [0.1, 0.15) is 11.3 Å². The van der Waals surface area contributed by atoms with E-state index in [1.807, 2.05) is 12.1 Å². The summed E-state index contributed by atoms with van der Waals surface area (Å²) in [6.07, 6.45) is 1.29. The summed E-state index contributed by atoms with van der Waals surface area (Å²) in [4.78, 5) is 39.8. The minimum Gasteiger partial charge on any atom is -0.454 e. The molecule has 0 aliphatic carbocycles. The summed E-state index contributed by atoms with van der Waals surface area (Å²) in [6, 6.07) is 12.7. The van der Waals surface area contributed by atoms with Crippen molar-refractivity contribution in [1.29, 1.82) is 0 Å². The molecule has 5 rings (SSSR count). The minimum absolute atomic E-state index is 0.0471. The Morgan fingerprint density at radius 1 is 1.03 bits per heavy atom. The molecule has 1 saturated heterocycles. The number of barbiturate groups is 1. The first-order valence-electron chi connectivity index (χ1n) is 9.43. The summed E-state index contributed by atoms with van der Waals surface area (Å²) >= 11 is 10.6. The van der Waals surface area contributed by atoms with E-state index in [4.69, 9.17) is 25.5 Å². The molecule has 0 bridgehead atoms. The fraction of sp³-hybridized carbons (Fsp3) is 0.0455. The Balaban J connectivity index is 1.44. The Kier molecular flexibility index (Phi) is 5.65. The molecule has 2 aliphatic heterocycles. The molecule has 33 heavy (non-hydrogen) atoms. The van der Waals surface area contributed by atoms with Crippen molar-refractivity contribution < 1.29 is 28.3 Å². The Morgan fingerprint density at radius 2 is 1.79 bits per heavy atom. The molecule has 0 atom stereocenters. The lowest BCUT2D eigenvalue weighted by Gasteiger charge is -2.26. The van der Waals surface area contributed by atoms with E-state index in [1.165, 1.54) is 30.0 Å². The number of carbonyl (C=O) groups excluding carboxylic acids is 3. The van der Waals surface area contributed by atoms with Crippen LogP contribution in [0.5, 0.6) is 11.5 Å². The van der Waals surface area contributed by atoms with Crippen molar-refractivity contribution >= 4 is 68.9 Å². The van der Waals surface area contributed by atoms with E-state index in [1.54, 1.807) is 24.3 Å². The fourth-order valence-corrected chi connectivity index (χ4v) is 4.67. The highest BCUT2D eigenvalue weighted by Crippen LogP contribution is 2.37. The summed E-state index contributed by atoms with van der Waals surface area (Å²) < 4.78 is 16.9. The SMILES string of the molecule is O=C1NC(=O)N(c2ccc3c(c2)OCO3)C(=O)C1=Cc1oc(Sc2ccc(Cl)cc2)cc1Br. The molecular weight excluding hydrogens is 536 g/mol. The first-order valence-corrected chi connectivity index (χ1v) is 11.4. The minimum atomic E-state index is -0.862. The maximum Gasteiger partial charge on any atom is 0.335 e. The smallest absolute Gasteiger partial charge is 0.335 e. The van der Waals surface area contributed by atoms with Gasteiger partial charge in [0.25, 0.3) is 11.8 Å². The molecule has 2 aliphatic rings. The standard InChI is InChI=1S/C22H12BrClN2O6S/c23-15-9-19(33-13-4-1-11(24)2-5-13)32-17(15)8-14-20(27)25-22(29)26(21(14)28)12-3-6-16-18(7-12)31-10-30-16/h1-9H,10H2,(H,25,27,29). The summed E-state index contributed by atoms with van der Waals surface area (Å²) in [5, 5.41) is 3.33. The van der Waals surface area contributed by atoms with Crippen molar-refractivity contribution in [3.05, 3.63) is 69.4 Å². The normalized spacial score (nSPS) is 16.5. The maximum atomic E-state index is 13.1. The van der Waals surface area contributed by atoms with Crippen molar-refractivity contribution in [1.82, 2.24) is 5.32 Å². The Bertz CT molecular complexity index is 1340. The van der Waals surface area contributed by atoms with Crippen molar-refractivity contribution in [3.8, 4) is 11.5 Å². The van der Waals surface area contributed by atoms with E-state index in [9.17, 15) is 14.4 Å². The third-order valence-corrected chi connectivity index (χ3v) is 6.50. The zero-order valence-corrected chi connectivity index (χ0v) is 19.6. The van der Waals surface area contributed by atoms with Crippen LogP contribution in [-0.4, -0.2) is 24.6 Å². The highest BCUT2D eigenvalue weighted by Gasteiger charge is 2.38. The van der Waals surface area contributed by atoms with Crippen LogP contribution in [0.2, 0.25) is 5.02 Å². The molecule has 3 aromatic rings. The van der Waals surface area contributed by atoms with Crippen LogP contribution in [0.3, 0.4) is 0 Å². The van der Waals surface area contributed by atoms with E-state index in [-0.39, 0.29) is 23.8 Å². The quantitative estimate of drug-likeness (QED) is 0.352. The van der Waals surface area contributed by atoms with Crippen LogP contribution >= 0.6 is 39.3 Å². The van der Waals surface area contributed by atoms with Gasteiger partial charge in [0.15, 0.2) is 16.6 Å². The van der Waals surface area contributed by atoms with Crippen LogP contribution in [0, 0.1) is 0 Å². The zero-order valence-electron chi connectivity index (χ0n) is 16.5. The van der Waals surface area contributed by atoms with Gasteiger partial charge in [-0.15, -0.1) is 0 Å². The van der Waals surface area contributed by atoms with E-state index in [0.29, 0.717) is 26.1 Å². The molecule has 0 spiro atoms. The number of benzene rings is 2. The summed E-state index contributed by atoms with van der Waals surface area (Å²) in [7, 11) is 0. The molecule has 3 heterocycles. The number of amides is 4. The lowest BCUT2D eigenvalue weighted by atomic mass is 10.1. The van der Waals surface area contributed by atoms with Crippen molar-refractivity contribution in [3.63, 3.8) is 0 Å².